The van der Waals surface area contributed by atoms with Crippen molar-refractivity contribution >= 4 is 6.09 Å². The molecule has 29 heavy (non-hydrogen) atoms. The van der Waals surface area contributed by atoms with Crippen LogP contribution in [0, 0.1) is 0 Å². The van der Waals surface area contributed by atoms with E-state index >= 15 is 0 Å². The average Bonchev–Trinajstić information content (AvgIpc) is 2.59. The molecule has 1 amide bonds. The minimum atomic E-state index is -4.70. The Labute approximate surface area is 169 Å². The first-order chi connectivity index (χ1) is 13.3. The summed E-state index contributed by atoms with van der Waals surface area (Å²) in [7, 11) is 1.42. The highest BCUT2D eigenvalue weighted by Crippen LogP contribution is 2.41. The zero-order valence-electron chi connectivity index (χ0n) is 17.5. The summed E-state index contributed by atoms with van der Waals surface area (Å²) in [5, 5.41) is 12.2. The number of alkyl carbamates (subject to hydrolysis) is 1. The Balaban J connectivity index is 2.98. The smallest absolute Gasteiger partial charge is 0.419 e. The zero-order valence-corrected chi connectivity index (χ0v) is 17.5. The highest BCUT2D eigenvalue weighted by molar-refractivity contribution is 5.67. The molecule has 0 saturated carbocycles. The SMILES string of the molecule is CC[C@@](CCCNC(=O)OC(C)(C)C)(OCOC)c1ccc(O)c(C(F)(F)F)c1. The number of nitrogens with one attached hydrogen (secondary N) is 1. The highest BCUT2D eigenvalue weighted by Gasteiger charge is 2.38. The number of halogens is 3. The number of phenolic OH excluding ortho intramolecular Hbond substituents is 1. The number of methoxy groups -OCH3 is 1. The number of rotatable bonds is 9. The molecule has 0 unspecified atom stereocenters. The molecule has 1 aromatic carbocycles. The van der Waals surface area contributed by atoms with E-state index in [-0.39, 0.29) is 18.9 Å². The van der Waals surface area contributed by atoms with E-state index in [0.717, 1.165) is 12.1 Å². The zero-order chi connectivity index (χ0) is 22.3. The lowest BCUT2D eigenvalue weighted by atomic mass is 9.85. The monoisotopic (exact) mass is 421 g/mol. The van der Waals surface area contributed by atoms with E-state index in [1.807, 2.05) is 0 Å². The normalized spacial score (nSPS) is 14.3. The second kappa shape index (κ2) is 10.2. The molecule has 6 nitrogen and oxygen atoms in total. The quantitative estimate of drug-likeness (QED) is 0.436. The van der Waals surface area contributed by atoms with Gasteiger partial charge in [-0.05, 0) is 57.7 Å². The summed E-state index contributed by atoms with van der Waals surface area (Å²) >= 11 is 0. The number of phenols is 1. The topological polar surface area (TPSA) is 77.0 Å². The van der Waals surface area contributed by atoms with Crippen molar-refractivity contribution in [2.45, 2.75) is 64.3 Å². The van der Waals surface area contributed by atoms with Gasteiger partial charge in [0.05, 0.1) is 11.2 Å². The summed E-state index contributed by atoms with van der Waals surface area (Å²) in [5.74, 6) is -0.843. The molecular formula is C20H30F3NO5. The molecule has 166 valence electrons. The van der Waals surface area contributed by atoms with Crippen LogP contribution in [0.3, 0.4) is 0 Å². The highest BCUT2D eigenvalue weighted by atomic mass is 19.4. The predicted octanol–water partition coefficient (Wildman–Crippen LogP) is 4.94. The van der Waals surface area contributed by atoms with Crippen LogP contribution in [0.25, 0.3) is 0 Å². The number of alkyl halides is 3. The van der Waals surface area contributed by atoms with E-state index in [4.69, 9.17) is 14.2 Å². The maximum Gasteiger partial charge on any atom is 0.419 e. The molecule has 0 heterocycles. The molecule has 0 fully saturated rings. The summed E-state index contributed by atoms with van der Waals surface area (Å²) in [5.41, 5.74) is -2.54. The van der Waals surface area contributed by atoms with Gasteiger partial charge in [-0.1, -0.05) is 13.0 Å². The molecule has 2 N–H and O–H groups in total. The van der Waals surface area contributed by atoms with Crippen molar-refractivity contribution < 1.29 is 37.3 Å². The van der Waals surface area contributed by atoms with Crippen molar-refractivity contribution in [3.63, 3.8) is 0 Å². The van der Waals surface area contributed by atoms with Crippen LogP contribution in [0.4, 0.5) is 18.0 Å². The van der Waals surface area contributed by atoms with Gasteiger partial charge in [0.1, 0.15) is 18.1 Å². The summed E-state index contributed by atoms with van der Waals surface area (Å²) < 4.78 is 55.6. The van der Waals surface area contributed by atoms with Gasteiger partial charge in [0.2, 0.25) is 0 Å². The first-order valence-corrected chi connectivity index (χ1v) is 9.35. The number of carbonyl (C=O) groups excluding carboxylic acids is 1. The number of hydrogen-bond donors (Lipinski definition) is 2. The minimum absolute atomic E-state index is 0.116. The molecular weight excluding hydrogens is 391 g/mol. The van der Waals surface area contributed by atoms with Crippen LogP contribution in [0.2, 0.25) is 0 Å². The van der Waals surface area contributed by atoms with Gasteiger partial charge in [-0.2, -0.15) is 13.2 Å². The predicted molar refractivity (Wildman–Crippen MR) is 102 cm³/mol. The Bertz CT molecular complexity index is 673. The van der Waals surface area contributed by atoms with Crippen molar-refractivity contribution in [1.82, 2.24) is 5.32 Å². The van der Waals surface area contributed by atoms with E-state index in [0.29, 0.717) is 19.3 Å². The molecule has 9 heteroatoms. The summed E-state index contributed by atoms with van der Waals surface area (Å²) in [4.78, 5) is 11.7. The third-order valence-corrected chi connectivity index (χ3v) is 4.28. The Hall–Kier alpha value is -2.00. The maximum absolute atomic E-state index is 13.2. The van der Waals surface area contributed by atoms with Gasteiger partial charge < -0.3 is 24.6 Å². The first-order valence-electron chi connectivity index (χ1n) is 9.35. The lowest BCUT2D eigenvalue weighted by Crippen LogP contribution is -2.35. The molecule has 1 aromatic rings. The fourth-order valence-electron chi connectivity index (χ4n) is 2.88. The summed E-state index contributed by atoms with van der Waals surface area (Å²) in [6.07, 6.45) is -4.14. The number of hydrogen-bond acceptors (Lipinski definition) is 5. The fourth-order valence-corrected chi connectivity index (χ4v) is 2.88. The van der Waals surface area contributed by atoms with E-state index in [1.54, 1.807) is 27.7 Å². The molecule has 0 aliphatic carbocycles. The number of ether oxygens (including phenoxy) is 3. The fraction of sp³-hybridized carbons (Fsp3) is 0.650. The molecule has 1 atom stereocenters. The number of carbonyl (C=O) groups is 1. The van der Waals surface area contributed by atoms with E-state index in [2.05, 4.69) is 5.32 Å². The van der Waals surface area contributed by atoms with Gasteiger partial charge in [-0.3, -0.25) is 0 Å². The van der Waals surface area contributed by atoms with Gasteiger partial charge in [0, 0.05) is 13.7 Å². The van der Waals surface area contributed by atoms with Crippen LogP contribution in [-0.2, 0) is 26.0 Å². The Morgan fingerprint density at radius 2 is 1.86 bits per heavy atom. The van der Waals surface area contributed by atoms with Crippen molar-refractivity contribution in [2.24, 2.45) is 0 Å². The Morgan fingerprint density at radius 3 is 2.38 bits per heavy atom. The molecule has 0 spiro atoms. The lowest BCUT2D eigenvalue weighted by Gasteiger charge is -2.34. The molecule has 0 aliphatic rings. The molecule has 0 bridgehead atoms. The van der Waals surface area contributed by atoms with Gasteiger partial charge >= 0.3 is 12.3 Å². The second-order valence-electron chi connectivity index (χ2n) is 7.66. The Morgan fingerprint density at radius 1 is 1.21 bits per heavy atom. The summed E-state index contributed by atoms with van der Waals surface area (Å²) in [6.45, 7) is 7.17. The lowest BCUT2D eigenvalue weighted by molar-refractivity contribution is -0.145. The second-order valence-corrected chi connectivity index (χ2v) is 7.66. The van der Waals surface area contributed by atoms with E-state index in [1.165, 1.54) is 13.2 Å². The van der Waals surface area contributed by atoms with Gasteiger partial charge in [0.15, 0.2) is 0 Å². The number of benzene rings is 1. The van der Waals surface area contributed by atoms with Gasteiger partial charge in [-0.15, -0.1) is 0 Å². The van der Waals surface area contributed by atoms with Crippen LogP contribution < -0.4 is 5.32 Å². The maximum atomic E-state index is 13.2. The molecule has 0 saturated heterocycles. The Kier molecular flexibility index (Phi) is 8.77. The van der Waals surface area contributed by atoms with Crippen molar-refractivity contribution in [3.05, 3.63) is 29.3 Å². The number of amides is 1. The van der Waals surface area contributed by atoms with Crippen LogP contribution in [0.5, 0.6) is 5.75 Å². The average molecular weight is 421 g/mol. The van der Waals surface area contributed by atoms with Crippen LogP contribution in [-0.4, -0.2) is 37.2 Å². The molecule has 1 rings (SSSR count). The first kappa shape index (κ1) is 25.0. The van der Waals surface area contributed by atoms with Crippen molar-refractivity contribution in [1.29, 1.82) is 0 Å². The largest absolute Gasteiger partial charge is 0.507 e. The van der Waals surface area contributed by atoms with Crippen LogP contribution in [0.1, 0.15) is 58.1 Å². The van der Waals surface area contributed by atoms with Gasteiger partial charge in [0.25, 0.3) is 0 Å². The van der Waals surface area contributed by atoms with E-state index < -0.39 is 34.8 Å². The van der Waals surface area contributed by atoms with Crippen LogP contribution in [0.15, 0.2) is 18.2 Å². The van der Waals surface area contributed by atoms with E-state index in [9.17, 15) is 23.1 Å². The third kappa shape index (κ3) is 7.74. The molecule has 0 aliphatic heterocycles. The van der Waals surface area contributed by atoms with Gasteiger partial charge in [-0.25, -0.2) is 4.79 Å². The molecule has 0 aromatic heterocycles. The van der Waals surface area contributed by atoms with Crippen molar-refractivity contribution in [2.75, 3.05) is 20.4 Å². The third-order valence-electron chi connectivity index (χ3n) is 4.28. The standard InChI is InChI=1S/C20H30F3NO5/c1-6-19(28-13-27-5,10-7-11-24-17(26)29-18(2,3)4)14-8-9-16(25)15(12-14)20(21,22)23/h8-9,12,25H,6-7,10-11,13H2,1-5H3,(H,24,26)/t19-/m0/s1. The van der Waals surface area contributed by atoms with Crippen molar-refractivity contribution in [3.8, 4) is 5.75 Å². The number of aromatic hydroxyl groups is 1. The summed E-state index contributed by atoms with van der Waals surface area (Å²) in [6, 6.07) is 3.32. The van der Waals surface area contributed by atoms with Crippen LogP contribution >= 0.6 is 0 Å². The minimum Gasteiger partial charge on any atom is -0.507 e. The molecule has 0 radical (unpaired) electrons.